The number of nitrogens with two attached hydrogens (primary N) is 1. The van der Waals surface area contributed by atoms with Gasteiger partial charge in [0, 0.05) is 30.3 Å². The summed E-state index contributed by atoms with van der Waals surface area (Å²) in [6.45, 7) is -0.553. The maximum Gasteiger partial charge on any atom is 0.519 e. The molecule has 0 spiro atoms. The van der Waals surface area contributed by atoms with Crippen molar-refractivity contribution in [3.05, 3.63) is 73.7 Å². The highest BCUT2D eigenvalue weighted by molar-refractivity contribution is 7.53. The molecule has 0 amide bonds. The highest BCUT2D eigenvalue weighted by Gasteiger charge is 2.43. The highest BCUT2D eigenvalue weighted by Crippen LogP contribution is 2.51. The molecular weight excluding hydrogens is 591 g/mol. The predicted molar refractivity (Wildman–Crippen MR) is 141 cm³/mol. The summed E-state index contributed by atoms with van der Waals surface area (Å²) in [5.41, 5.74) is 6.06. The molecular formula is C24H25ClF2N5O8P. The Hall–Kier alpha value is -3.36. The first kappa shape index (κ1) is 29.1. The zero-order valence-corrected chi connectivity index (χ0v) is 23.0. The molecule has 1 aliphatic carbocycles. The number of ether oxygens (including phenoxy) is 1. The lowest BCUT2D eigenvalue weighted by molar-refractivity contribution is 0.00709. The van der Waals surface area contributed by atoms with Gasteiger partial charge >= 0.3 is 13.4 Å². The van der Waals surface area contributed by atoms with E-state index < -0.39 is 50.2 Å². The fraction of sp³-hybridized carbons (Fsp3) is 0.417. The number of H-pyrrole nitrogens is 1. The molecule has 2 unspecified atom stereocenters. The molecule has 41 heavy (non-hydrogen) atoms. The maximum atomic E-state index is 13.8. The lowest BCUT2D eigenvalue weighted by atomic mass is 10.0. The number of anilines is 1. The molecule has 1 saturated carbocycles. The van der Waals surface area contributed by atoms with Crippen LogP contribution in [-0.2, 0) is 38.1 Å². The van der Waals surface area contributed by atoms with Crippen molar-refractivity contribution in [2.24, 2.45) is 0 Å². The van der Waals surface area contributed by atoms with Gasteiger partial charge in [-0.2, -0.15) is 4.98 Å². The summed E-state index contributed by atoms with van der Waals surface area (Å²) in [5.74, 6) is -5.02. The second-order valence-electron chi connectivity index (χ2n) is 9.42. The average molecular weight is 616 g/mol. The number of nitrogen functional groups attached to an aromatic ring is 1. The Morgan fingerprint density at radius 1 is 1.24 bits per heavy atom. The van der Waals surface area contributed by atoms with Crippen LogP contribution in [0, 0.1) is 0 Å². The van der Waals surface area contributed by atoms with Crippen LogP contribution in [0.2, 0.25) is 5.02 Å². The van der Waals surface area contributed by atoms with Gasteiger partial charge in [0.05, 0.1) is 19.5 Å². The molecule has 220 valence electrons. The van der Waals surface area contributed by atoms with Crippen LogP contribution in [0.3, 0.4) is 0 Å². The molecule has 0 bridgehead atoms. The molecule has 0 aliphatic heterocycles. The second-order valence-corrected chi connectivity index (χ2v) is 11.9. The molecule has 3 aromatic heterocycles. The van der Waals surface area contributed by atoms with E-state index >= 15 is 0 Å². The zero-order valence-electron chi connectivity index (χ0n) is 21.4. The summed E-state index contributed by atoms with van der Waals surface area (Å²) in [6.07, 6.45) is 0.0873. The number of nitrogens with one attached hydrogen (secondary N) is 1. The minimum Gasteiger partial charge on any atom is -0.395 e. The van der Waals surface area contributed by atoms with Gasteiger partial charge in [-0.15, -0.1) is 0 Å². The molecule has 17 heteroatoms. The molecule has 4 aromatic rings. The molecule has 1 aromatic carbocycles. The number of halogens is 3. The van der Waals surface area contributed by atoms with Crippen LogP contribution in [0.25, 0.3) is 11.2 Å². The average Bonchev–Trinajstić information content (AvgIpc) is 3.60. The summed E-state index contributed by atoms with van der Waals surface area (Å²) in [6, 6.07) is 6.67. The fourth-order valence-electron chi connectivity index (χ4n) is 4.45. The van der Waals surface area contributed by atoms with Gasteiger partial charge in [-0.1, -0.05) is 23.7 Å². The van der Waals surface area contributed by atoms with Crippen LogP contribution in [0.1, 0.15) is 42.3 Å². The summed E-state index contributed by atoms with van der Waals surface area (Å²) in [7, 11) is -4.04. The van der Waals surface area contributed by atoms with Crippen LogP contribution in [-0.4, -0.2) is 38.4 Å². The van der Waals surface area contributed by atoms with Gasteiger partial charge in [0.25, 0.3) is 5.56 Å². The van der Waals surface area contributed by atoms with Gasteiger partial charge in [-0.3, -0.25) is 18.9 Å². The number of benzene rings is 1. The van der Waals surface area contributed by atoms with Crippen molar-refractivity contribution in [2.75, 3.05) is 18.7 Å². The topological polar surface area (TPSA) is 178 Å². The van der Waals surface area contributed by atoms with Gasteiger partial charge in [0.15, 0.2) is 22.7 Å². The van der Waals surface area contributed by atoms with E-state index in [4.69, 9.17) is 40.0 Å². The molecule has 13 nitrogen and oxygen atoms in total. The summed E-state index contributed by atoms with van der Waals surface area (Å²) in [4.78, 5) is 34.2. The standard InChI is InChI=1S/C24H25ClF2N5O8P/c25-16-3-1-2-14(8-16)10-37-41(35,13-36-7-6-32-12-29-18-20(32)30-22(28)31-21(18)33)38-11-17-19(40-23(34)39-17)15-4-5-24(26,27)9-15/h1-3,8,12,15H,4-7,9-11,13H2,(H3,28,30,31,33). The number of hydrogen-bond donors (Lipinski definition) is 2. The van der Waals surface area contributed by atoms with Crippen molar-refractivity contribution in [1.29, 1.82) is 0 Å². The Labute approximate surface area is 235 Å². The lowest BCUT2D eigenvalue weighted by Gasteiger charge is -2.19. The highest BCUT2D eigenvalue weighted by atomic mass is 35.5. The molecule has 5 rings (SSSR count). The number of hydrogen-bond acceptors (Lipinski definition) is 11. The number of alkyl halides is 2. The first-order valence-corrected chi connectivity index (χ1v) is 14.5. The molecule has 0 saturated heterocycles. The van der Waals surface area contributed by atoms with Crippen molar-refractivity contribution >= 4 is 36.3 Å². The lowest BCUT2D eigenvalue weighted by Crippen LogP contribution is -2.13. The largest absolute Gasteiger partial charge is 0.519 e. The van der Waals surface area contributed by atoms with Gasteiger partial charge in [-0.05, 0) is 24.1 Å². The molecule has 1 fully saturated rings. The van der Waals surface area contributed by atoms with Crippen molar-refractivity contribution in [2.45, 2.75) is 50.9 Å². The Morgan fingerprint density at radius 2 is 2.05 bits per heavy atom. The van der Waals surface area contributed by atoms with Gasteiger partial charge in [0.2, 0.25) is 11.9 Å². The molecule has 3 heterocycles. The molecule has 2 atom stereocenters. The van der Waals surface area contributed by atoms with Crippen LogP contribution >= 0.6 is 19.2 Å². The number of imidazole rings is 1. The Balaban J connectivity index is 1.27. The zero-order chi connectivity index (χ0) is 29.2. The minimum absolute atomic E-state index is 0.0169. The monoisotopic (exact) mass is 615 g/mol. The number of fused-ring (bicyclic) bond motifs is 1. The van der Waals surface area contributed by atoms with Gasteiger partial charge in [-0.25, -0.2) is 18.6 Å². The normalized spacial score (nSPS) is 18.2. The van der Waals surface area contributed by atoms with Crippen LogP contribution in [0.4, 0.5) is 14.7 Å². The van der Waals surface area contributed by atoms with Crippen molar-refractivity contribution in [3.8, 4) is 0 Å². The van der Waals surface area contributed by atoms with E-state index in [9.17, 15) is 22.9 Å². The van der Waals surface area contributed by atoms with E-state index in [-0.39, 0.29) is 61.2 Å². The van der Waals surface area contributed by atoms with Crippen molar-refractivity contribution in [1.82, 2.24) is 19.5 Å². The van der Waals surface area contributed by atoms with Crippen LogP contribution in [0.15, 0.2) is 49.0 Å². The number of rotatable bonds is 12. The van der Waals surface area contributed by atoms with E-state index in [0.29, 0.717) is 10.6 Å². The van der Waals surface area contributed by atoms with Crippen LogP contribution in [0.5, 0.6) is 0 Å². The van der Waals surface area contributed by atoms with Crippen LogP contribution < -0.4 is 17.1 Å². The number of nitrogens with zero attached hydrogens (tertiary/aromatic N) is 3. The molecule has 3 N–H and O–H groups in total. The smallest absolute Gasteiger partial charge is 0.395 e. The summed E-state index contributed by atoms with van der Waals surface area (Å²) < 4.78 is 69.6. The van der Waals surface area contributed by atoms with E-state index in [0.717, 1.165) is 0 Å². The second kappa shape index (κ2) is 11.9. The Kier molecular flexibility index (Phi) is 8.43. The predicted octanol–water partition coefficient (Wildman–Crippen LogP) is 4.41. The Bertz CT molecular complexity index is 1700. The SMILES string of the molecule is Nc1nc2c(ncn2CCOCP(=O)(OCc2cccc(Cl)c2)OCc2oc(=O)oc2C2CCC(F)(F)C2)c(=O)[nH]1. The maximum absolute atomic E-state index is 13.8. The van der Waals surface area contributed by atoms with E-state index in [1.807, 2.05) is 0 Å². The van der Waals surface area contributed by atoms with E-state index in [2.05, 4.69) is 15.0 Å². The third kappa shape index (κ3) is 7.11. The van der Waals surface area contributed by atoms with E-state index in [1.54, 1.807) is 24.3 Å². The first-order chi connectivity index (χ1) is 19.5. The summed E-state index contributed by atoms with van der Waals surface area (Å²) in [5, 5.41) is 0.442. The minimum atomic E-state index is -4.04. The van der Waals surface area contributed by atoms with Gasteiger partial charge in [0.1, 0.15) is 13.0 Å². The molecule has 0 radical (unpaired) electrons. The van der Waals surface area contributed by atoms with Gasteiger partial charge < -0.3 is 28.4 Å². The quantitative estimate of drug-likeness (QED) is 0.170. The third-order valence-corrected chi connectivity index (χ3v) is 8.16. The fourth-order valence-corrected chi connectivity index (χ4v) is 5.89. The number of aromatic nitrogens is 4. The van der Waals surface area contributed by atoms with Crippen molar-refractivity contribution < 1.29 is 36.0 Å². The van der Waals surface area contributed by atoms with E-state index in [1.165, 1.54) is 10.9 Å². The first-order valence-electron chi connectivity index (χ1n) is 12.4. The number of aromatic amines is 1. The summed E-state index contributed by atoms with van der Waals surface area (Å²) >= 11 is 6.02. The third-order valence-electron chi connectivity index (χ3n) is 6.38. The molecule has 1 aliphatic rings. The Morgan fingerprint density at radius 3 is 2.80 bits per heavy atom. The van der Waals surface area contributed by atoms with Crippen molar-refractivity contribution in [3.63, 3.8) is 0 Å².